The van der Waals surface area contributed by atoms with E-state index in [4.69, 9.17) is 11.6 Å². The van der Waals surface area contributed by atoms with E-state index in [9.17, 15) is 10.1 Å². The van der Waals surface area contributed by atoms with Crippen molar-refractivity contribution >= 4 is 34.7 Å². The summed E-state index contributed by atoms with van der Waals surface area (Å²) < 4.78 is 0. The first kappa shape index (κ1) is 17.3. The molecule has 3 rings (SSSR count). The molecule has 0 aromatic carbocycles. The first-order valence-electron chi connectivity index (χ1n) is 7.93. The van der Waals surface area contributed by atoms with Crippen LogP contribution in [0.3, 0.4) is 0 Å². The number of pyridine rings is 1. The molecule has 0 radical (unpaired) electrons. The molecule has 1 aliphatic rings. The number of anilines is 3. The predicted molar refractivity (Wildman–Crippen MR) is 95.5 cm³/mol. The molecule has 0 unspecified atom stereocenters. The van der Waals surface area contributed by atoms with Gasteiger partial charge in [-0.1, -0.05) is 18.5 Å². The van der Waals surface area contributed by atoms with Crippen molar-refractivity contribution in [2.75, 3.05) is 42.9 Å². The average Bonchev–Trinajstić information content (AvgIpc) is 2.63. The molecule has 0 bridgehead atoms. The molecule has 1 N–H and O–H groups in total. The minimum Gasteiger partial charge on any atom is -0.348 e. The lowest BCUT2D eigenvalue weighted by Gasteiger charge is -2.34. The second-order valence-electron chi connectivity index (χ2n) is 5.56. The number of nitrogens with zero attached hydrogens (tertiary/aromatic N) is 6. The molecule has 0 saturated carbocycles. The van der Waals surface area contributed by atoms with Gasteiger partial charge in [-0.25, -0.2) is 15.0 Å². The smallest absolute Gasteiger partial charge is 0.348 e. The number of rotatable bonds is 5. The SMILES string of the molecule is CCN1CCN(c2ncnc(Nc3ccc(Cl)cn3)c2[N+](=O)[O-])CC1. The highest BCUT2D eigenvalue weighted by Gasteiger charge is 2.29. The Bertz CT molecular complexity index is 748. The van der Waals surface area contributed by atoms with Gasteiger partial charge >= 0.3 is 5.69 Å². The summed E-state index contributed by atoms with van der Waals surface area (Å²) in [6.07, 6.45) is 2.79. The predicted octanol–water partition coefficient (Wildman–Crippen LogP) is 2.32. The number of nitro groups is 1. The number of nitrogens with one attached hydrogen (secondary N) is 1. The lowest BCUT2D eigenvalue weighted by Crippen LogP contribution is -2.46. The van der Waals surface area contributed by atoms with Gasteiger partial charge in [0.05, 0.1) is 9.95 Å². The summed E-state index contributed by atoms with van der Waals surface area (Å²) in [5, 5.41) is 15.0. The van der Waals surface area contributed by atoms with E-state index in [1.165, 1.54) is 12.5 Å². The second kappa shape index (κ2) is 7.58. The topological polar surface area (TPSA) is 100 Å². The van der Waals surface area contributed by atoms with Crippen LogP contribution in [0, 0.1) is 10.1 Å². The van der Waals surface area contributed by atoms with Gasteiger partial charge in [0.25, 0.3) is 0 Å². The molecule has 0 spiro atoms. The molecule has 0 amide bonds. The Kier molecular flexibility index (Phi) is 5.25. The van der Waals surface area contributed by atoms with Crippen LogP contribution in [0.25, 0.3) is 0 Å². The van der Waals surface area contributed by atoms with Crippen LogP contribution < -0.4 is 10.2 Å². The van der Waals surface area contributed by atoms with E-state index in [2.05, 4.69) is 32.1 Å². The third kappa shape index (κ3) is 3.94. The van der Waals surface area contributed by atoms with Gasteiger partial charge in [-0.05, 0) is 18.7 Å². The number of halogens is 1. The molecule has 1 aliphatic heterocycles. The minimum atomic E-state index is -0.459. The average molecular weight is 364 g/mol. The molecule has 25 heavy (non-hydrogen) atoms. The fourth-order valence-electron chi connectivity index (χ4n) is 2.71. The van der Waals surface area contributed by atoms with Gasteiger partial charge in [-0.15, -0.1) is 0 Å². The lowest BCUT2D eigenvalue weighted by molar-refractivity contribution is -0.383. The maximum Gasteiger partial charge on any atom is 0.353 e. The van der Waals surface area contributed by atoms with E-state index < -0.39 is 4.92 Å². The highest BCUT2D eigenvalue weighted by Crippen LogP contribution is 2.33. The van der Waals surface area contributed by atoms with Crippen LogP contribution in [0.4, 0.5) is 23.1 Å². The van der Waals surface area contributed by atoms with Gasteiger partial charge in [0.15, 0.2) is 0 Å². The Balaban J connectivity index is 1.89. The monoisotopic (exact) mass is 363 g/mol. The molecule has 2 aromatic heterocycles. The van der Waals surface area contributed by atoms with Gasteiger partial charge in [0, 0.05) is 32.4 Å². The number of likely N-dealkylation sites (N-methyl/N-ethyl adjacent to an activating group) is 1. The minimum absolute atomic E-state index is 0.114. The molecular formula is C15H18ClN7O2. The van der Waals surface area contributed by atoms with Crippen molar-refractivity contribution in [3.05, 3.63) is 39.8 Å². The molecule has 9 nitrogen and oxygen atoms in total. The third-order valence-corrected chi connectivity index (χ3v) is 4.30. The molecule has 1 fully saturated rings. The van der Waals surface area contributed by atoms with Crippen LogP contribution in [0.1, 0.15) is 6.92 Å². The van der Waals surface area contributed by atoms with Gasteiger partial charge in [-0.2, -0.15) is 0 Å². The Hall–Kier alpha value is -2.52. The number of piperazine rings is 1. The second-order valence-corrected chi connectivity index (χ2v) is 6.00. The highest BCUT2D eigenvalue weighted by molar-refractivity contribution is 6.30. The van der Waals surface area contributed by atoms with E-state index in [1.54, 1.807) is 12.1 Å². The van der Waals surface area contributed by atoms with Crippen LogP contribution in [0.15, 0.2) is 24.7 Å². The van der Waals surface area contributed by atoms with E-state index in [-0.39, 0.29) is 11.5 Å². The third-order valence-electron chi connectivity index (χ3n) is 4.08. The maximum absolute atomic E-state index is 11.7. The van der Waals surface area contributed by atoms with Crippen LogP contribution in [0.2, 0.25) is 5.02 Å². The molecule has 132 valence electrons. The normalized spacial score (nSPS) is 15.2. The van der Waals surface area contributed by atoms with Gasteiger partial charge in [-0.3, -0.25) is 10.1 Å². The van der Waals surface area contributed by atoms with E-state index in [0.717, 1.165) is 19.6 Å². The molecular weight excluding hydrogens is 346 g/mol. The summed E-state index contributed by atoms with van der Waals surface area (Å²) >= 11 is 5.81. The van der Waals surface area contributed by atoms with E-state index in [1.807, 2.05) is 4.90 Å². The van der Waals surface area contributed by atoms with E-state index in [0.29, 0.717) is 29.7 Å². The van der Waals surface area contributed by atoms with Gasteiger partial charge in [0.1, 0.15) is 12.1 Å². The quantitative estimate of drug-likeness (QED) is 0.638. The van der Waals surface area contributed by atoms with Gasteiger partial charge < -0.3 is 15.1 Å². The zero-order valence-corrected chi connectivity index (χ0v) is 14.5. The highest BCUT2D eigenvalue weighted by atomic mass is 35.5. The van der Waals surface area contributed by atoms with Crippen LogP contribution in [-0.4, -0.2) is 57.5 Å². The summed E-state index contributed by atoms with van der Waals surface area (Å²) in [5.41, 5.74) is -0.149. The van der Waals surface area contributed by atoms with Gasteiger partial charge in [0.2, 0.25) is 11.6 Å². The summed E-state index contributed by atoms with van der Waals surface area (Å²) in [6.45, 7) is 6.13. The molecule has 2 aromatic rings. The van der Waals surface area contributed by atoms with Crippen LogP contribution in [-0.2, 0) is 0 Å². The van der Waals surface area contributed by atoms with Crippen molar-refractivity contribution in [1.29, 1.82) is 0 Å². The first-order valence-corrected chi connectivity index (χ1v) is 8.31. The molecule has 3 heterocycles. The van der Waals surface area contributed by atoms with Crippen molar-refractivity contribution in [1.82, 2.24) is 19.9 Å². The number of hydrogen-bond donors (Lipinski definition) is 1. The summed E-state index contributed by atoms with van der Waals surface area (Å²) in [6, 6.07) is 3.28. The van der Waals surface area contributed by atoms with Crippen molar-refractivity contribution in [3.63, 3.8) is 0 Å². The number of aromatic nitrogens is 3. The van der Waals surface area contributed by atoms with Crippen LogP contribution >= 0.6 is 11.6 Å². The van der Waals surface area contributed by atoms with Crippen molar-refractivity contribution < 1.29 is 4.92 Å². The zero-order chi connectivity index (χ0) is 17.8. The molecule has 0 aliphatic carbocycles. The zero-order valence-electron chi connectivity index (χ0n) is 13.7. The van der Waals surface area contributed by atoms with Crippen LogP contribution in [0.5, 0.6) is 0 Å². The fraction of sp³-hybridized carbons (Fsp3) is 0.400. The summed E-state index contributed by atoms with van der Waals surface area (Å²) in [7, 11) is 0. The molecule has 1 saturated heterocycles. The summed E-state index contributed by atoms with van der Waals surface area (Å²) in [5.74, 6) is 0.864. The Morgan fingerprint density at radius 3 is 2.60 bits per heavy atom. The first-order chi connectivity index (χ1) is 12.1. The Morgan fingerprint density at radius 1 is 1.24 bits per heavy atom. The van der Waals surface area contributed by atoms with Crippen molar-refractivity contribution in [3.8, 4) is 0 Å². The standard InChI is InChI=1S/C15H18ClN7O2/c1-2-21-5-7-22(8-6-21)15-13(23(24)25)14(18-10-19-15)20-12-4-3-11(16)9-17-12/h3-4,9-10H,2,5-8H2,1H3,(H,17,18,19,20). The van der Waals surface area contributed by atoms with Crippen molar-refractivity contribution in [2.24, 2.45) is 0 Å². The largest absolute Gasteiger partial charge is 0.353 e. The van der Waals surface area contributed by atoms with Crippen molar-refractivity contribution in [2.45, 2.75) is 6.92 Å². The molecule has 10 heteroatoms. The lowest BCUT2D eigenvalue weighted by atomic mass is 10.3. The number of hydrogen-bond acceptors (Lipinski definition) is 8. The Morgan fingerprint density at radius 2 is 2.00 bits per heavy atom. The molecule has 0 atom stereocenters. The Labute approximate surface area is 149 Å². The maximum atomic E-state index is 11.7. The summed E-state index contributed by atoms with van der Waals surface area (Å²) in [4.78, 5) is 27.7. The van der Waals surface area contributed by atoms with E-state index >= 15 is 0 Å². The fourth-order valence-corrected chi connectivity index (χ4v) is 2.82.